The normalized spacial score (nSPS) is 21.2. The summed E-state index contributed by atoms with van der Waals surface area (Å²) in [7, 11) is 0.817. The van der Waals surface area contributed by atoms with E-state index in [2.05, 4.69) is 112 Å². The van der Waals surface area contributed by atoms with Gasteiger partial charge in [0.05, 0.1) is 20.3 Å². The monoisotopic (exact) mass is 601 g/mol. The van der Waals surface area contributed by atoms with Crippen molar-refractivity contribution in [2.24, 2.45) is 11.3 Å². The number of aliphatic hydroxyl groups is 1. The molecule has 2 aliphatic heterocycles. The van der Waals surface area contributed by atoms with Gasteiger partial charge in [0.25, 0.3) is 8.32 Å². The largest absolute Gasteiger partial charge is 0.493 e. The van der Waals surface area contributed by atoms with Crippen LogP contribution in [0.25, 0.3) is 0 Å². The Bertz CT molecular complexity index is 1310. The molecule has 232 valence electrons. The first-order valence-electron chi connectivity index (χ1n) is 15.9. The molecule has 3 aromatic carbocycles. The summed E-state index contributed by atoms with van der Waals surface area (Å²) in [4.78, 5) is 2.58. The Hall–Kier alpha value is -2.64. The molecule has 1 saturated heterocycles. The first kappa shape index (κ1) is 31.8. The van der Waals surface area contributed by atoms with E-state index in [0.717, 1.165) is 50.3 Å². The Morgan fingerprint density at radius 3 is 2.00 bits per heavy atom. The number of benzene rings is 3. The second-order valence-corrected chi connectivity index (χ2v) is 18.7. The van der Waals surface area contributed by atoms with Crippen molar-refractivity contribution in [3.8, 4) is 11.5 Å². The zero-order valence-corrected chi connectivity index (χ0v) is 28.2. The van der Waals surface area contributed by atoms with Crippen LogP contribution in [0.15, 0.2) is 72.8 Å². The molecule has 5 nitrogen and oxygen atoms in total. The highest BCUT2D eigenvalue weighted by atomic mass is 28.4. The van der Waals surface area contributed by atoms with Crippen molar-refractivity contribution in [1.82, 2.24) is 4.90 Å². The highest BCUT2D eigenvalue weighted by molar-refractivity contribution is 6.99. The highest BCUT2D eigenvalue weighted by Crippen LogP contribution is 2.45. The third-order valence-corrected chi connectivity index (χ3v) is 15.0. The maximum Gasteiger partial charge on any atom is 0.261 e. The minimum Gasteiger partial charge on any atom is -0.493 e. The molecular formula is C37H51NO4Si. The number of piperidine rings is 1. The molecule has 43 heavy (non-hydrogen) atoms. The van der Waals surface area contributed by atoms with Crippen molar-refractivity contribution in [3.05, 3.63) is 83.9 Å². The molecule has 3 atom stereocenters. The van der Waals surface area contributed by atoms with Crippen LogP contribution >= 0.6 is 0 Å². The van der Waals surface area contributed by atoms with Crippen molar-refractivity contribution < 1.29 is 19.0 Å². The summed E-state index contributed by atoms with van der Waals surface area (Å²) in [5.41, 5.74) is 2.62. The van der Waals surface area contributed by atoms with E-state index < -0.39 is 8.32 Å². The van der Waals surface area contributed by atoms with E-state index in [4.69, 9.17) is 13.9 Å². The average Bonchev–Trinajstić information content (AvgIpc) is 2.99. The van der Waals surface area contributed by atoms with Gasteiger partial charge in [0.1, 0.15) is 0 Å². The molecule has 1 N–H and O–H groups in total. The highest BCUT2D eigenvalue weighted by Gasteiger charge is 2.50. The van der Waals surface area contributed by atoms with Crippen molar-refractivity contribution in [3.63, 3.8) is 0 Å². The molecule has 0 aliphatic carbocycles. The molecule has 0 amide bonds. The molecule has 0 spiro atoms. The molecule has 1 fully saturated rings. The number of fused-ring (bicyclic) bond motifs is 3. The van der Waals surface area contributed by atoms with Gasteiger partial charge < -0.3 is 19.0 Å². The smallest absolute Gasteiger partial charge is 0.261 e. The van der Waals surface area contributed by atoms with Crippen LogP contribution in [0, 0.1) is 11.3 Å². The summed E-state index contributed by atoms with van der Waals surface area (Å²) in [6, 6.07) is 26.2. The van der Waals surface area contributed by atoms with Gasteiger partial charge in [-0.25, -0.2) is 0 Å². The minimum absolute atomic E-state index is 0.0359. The number of methoxy groups -OCH3 is 2. The number of hydrogen-bond acceptors (Lipinski definition) is 5. The van der Waals surface area contributed by atoms with Crippen LogP contribution in [0.1, 0.15) is 71.0 Å². The fourth-order valence-electron chi connectivity index (χ4n) is 7.67. The van der Waals surface area contributed by atoms with Gasteiger partial charge in [0.15, 0.2) is 11.5 Å². The molecular weight excluding hydrogens is 550 g/mol. The van der Waals surface area contributed by atoms with E-state index in [-0.39, 0.29) is 28.5 Å². The van der Waals surface area contributed by atoms with Crippen LogP contribution in [0.2, 0.25) is 5.04 Å². The lowest BCUT2D eigenvalue weighted by Gasteiger charge is -2.47. The van der Waals surface area contributed by atoms with Gasteiger partial charge in [-0.1, -0.05) is 95.3 Å². The zero-order chi connectivity index (χ0) is 30.8. The Kier molecular flexibility index (Phi) is 9.43. The van der Waals surface area contributed by atoms with Gasteiger partial charge in [-0.15, -0.1) is 0 Å². The van der Waals surface area contributed by atoms with Gasteiger partial charge in [0.2, 0.25) is 0 Å². The van der Waals surface area contributed by atoms with Gasteiger partial charge in [-0.05, 0) is 75.7 Å². The topological polar surface area (TPSA) is 51.2 Å². The Labute approximate surface area is 260 Å². The number of rotatable bonds is 10. The second-order valence-electron chi connectivity index (χ2n) is 14.4. The first-order valence-corrected chi connectivity index (χ1v) is 17.8. The summed E-state index contributed by atoms with van der Waals surface area (Å²) >= 11 is 0. The predicted molar refractivity (Wildman–Crippen MR) is 178 cm³/mol. The van der Waals surface area contributed by atoms with Crippen LogP contribution in [0.4, 0.5) is 0 Å². The van der Waals surface area contributed by atoms with Crippen LogP contribution in [0.5, 0.6) is 11.5 Å². The Balaban J connectivity index is 1.29. The van der Waals surface area contributed by atoms with Gasteiger partial charge in [-0.2, -0.15) is 0 Å². The minimum atomic E-state index is -2.56. The van der Waals surface area contributed by atoms with E-state index in [1.165, 1.54) is 21.5 Å². The zero-order valence-electron chi connectivity index (χ0n) is 27.2. The number of hydrogen-bond donors (Lipinski definition) is 1. The van der Waals surface area contributed by atoms with Crippen LogP contribution in [0.3, 0.4) is 0 Å². The van der Waals surface area contributed by atoms with Gasteiger partial charge >= 0.3 is 0 Å². The van der Waals surface area contributed by atoms with Gasteiger partial charge in [-0.3, -0.25) is 4.90 Å². The number of aliphatic hydroxyl groups excluding tert-OH is 1. The summed E-state index contributed by atoms with van der Waals surface area (Å²) < 4.78 is 18.4. The van der Waals surface area contributed by atoms with E-state index >= 15 is 0 Å². The van der Waals surface area contributed by atoms with Crippen LogP contribution < -0.4 is 19.8 Å². The lowest BCUT2D eigenvalue weighted by molar-refractivity contribution is -0.0294. The quantitative estimate of drug-likeness (QED) is 0.274. The lowest BCUT2D eigenvalue weighted by Crippen LogP contribution is -2.66. The summed E-state index contributed by atoms with van der Waals surface area (Å²) in [5.74, 6) is 1.79. The SMILES string of the molecule is COc1cc2c(cc1OC)[C@H]1C[C@@H](O)[C@H](CC(C)(C)CCO[Si](c3ccccc3)(c3ccccc3)C(C)(C)C)CN1CC2. The van der Waals surface area contributed by atoms with Gasteiger partial charge in [0, 0.05) is 25.7 Å². The lowest BCUT2D eigenvalue weighted by atomic mass is 9.74. The molecule has 0 radical (unpaired) electrons. The fraction of sp³-hybridized carbons (Fsp3) is 0.514. The predicted octanol–water partition coefficient (Wildman–Crippen LogP) is 6.37. The first-order chi connectivity index (χ1) is 20.5. The maximum atomic E-state index is 11.5. The van der Waals surface area contributed by atoms with Crippen LogP contribution in [-0.2, 0) is 10.8 Å². The van der Waals surface area contributed by atoms with Crippen LogP contribution in [-0.4, -0.2) is 58.3 Å². The van der Waals surface area contributed by atoms with E-state index in [1.807, 2.05) is 0 Å². The molecule has 5 rings (SSSR count). The average molecular weight is 602 g/mol. The van der Waals surface area contributed by atoms with Crippen molar-refractivity contribution in [2.45, 2.75) is 77.5 Å². The summed E-state index contributed by atoms with van der Waals surface area (Å²) in [6.07, 6.45) is 3.33. The Morgan fingerprint density at radius 2 is 1.44 bits per heavy atom. The summed E-state index contributed by atoms with van der Waals surface area (Å²) in [5, 5.41) is 14.1. The summed E-state index contributed by atoms with van der Waals surface area (Å²) in [6.45, 7) is 14.3. The van der Waals surface area contributed by atoms with E-state index in [0.29, 0.717) is 6.61 Å². The molecule has 2 heterocycles. The molecule has 6 heteroatoms. The van der Waals surface area contributed by atoms with Crippen molar-refractivity contribution in [2.75, 3.05) is 33.9 Å². The van der Waals surface area contributed by atoms with E-state index in [9.17, 15) is 5.11 Å². The van der Waals surface area contributed by atoms with E-state index in [1.54, 1.807) is 14.2 Å². The third-order valence-electron chi connectivity index (χ3n) is 9.92. The maximum absolute atomic E-state index is 11.5. The molecule has 0 aromatic heterocycles. The third kappa shape index (κ3) is 6.44. The molecule has 0 saturated carbocycles. The number of ether oxygens (including phenoxy) is 2. The number of nitrogens with zero attached hydrogens (tertiary/aromatic N) is 1. The molecule has 3 aromatic rings. The molecule has 0 bridgehead atoms. The molecule has 2 aliphatic rings. The molecule has 0 unspecified atom stereocenters. The van der Waals surface area contributed by atoms with Crippen molar-refractivity contribution >= 4 is 18.7 Å². The second kappa shape index (κ2) is 12.8. The van der Waals surface area contributed by atoms with Crippen molar-refractivity contribution in [1.29, 1.82) is 0 Å². The Morgan fingerprint density at radius 1 is 0.860 bits per heavy atom. The fourth-order valence-corrected chi connectivity index (χ4v) is 12.2. The standard InChI is InChI=1S/C37H51NO4Si/c1-36(2,3)43(29-14-10-8-11-15-29,30-16-12-9-13-17-30)42-21-19-37(4,5)25-28-26-38-20-18-27-22-34(40-6)35(41-7)23-31(27)32(38)24-33(28)39/h8-17,22-23,28,32-33,39H,18-21,24-26H2,1-7H3/t28-,32-,33-/m1/s1.